The Kier molecular flexibility index (Phi) is 3.90. The smallest absolute Gasteiger partial charge is 0.258 e. The molecule has 1 N–H and O–H groups in total. The predicted octanol–water partition coefficient (Wildman–Crippen LogP) is 3.41. The number of rotatable bonds is 5. The van der Waals surface area contributed by atoms with Crippen molar-refractivity contribution in [3.05, 3.63) is 40.8 Å². The van der Waals surface area contributed by atoms with Gasteiger partial charge in [0.1, 0.15) is 0 Å². The van der Waals surface area contributed by atoms with E-state index in [1.54, 1.807) is 17.9 Å². The van der Waals surface area contributed by atoms with Crippen molar-refractivity contribution < 1.29 is 9.53 Å². The van der Waals surface area contributed by atoms with Gasteiger partial charge in [-0.3, -0.25) is 9.59 Å². The molecule has 4 saturated carbocycles. The number of amides is 1. The summed E-state index contributed by atoms with van der Waals surface area (Å²) in [6, 6.07) is 7.53. The number of anilines is 1. The highest BCUT2D eigenvalue weighted by Gasteiger charge is 2.61. The lowest BCUT2D eigenvalue weighted by Gasteiger charge is -2.31. The molecular formula is C22H26N2O3. The Morgan fingerprint density at radius 1 is 1.19 bits per heavy atom. The number of hydrogen-bond acceptors (Lipinski definition) is 3. The molecule has 4 bridgehead atoms. The minimum atomic E-state index is -0.163. The highest BCUT2D eigenvalue weighted by atomic mass is 16.5. The van der Waals surface area contributed by atoms with Crippen LogP contribution >= 0.6 is 0 Å². The lowest BCUT2D eigenvalue weighted by Crippen LogP contribution is -2.37. The Bertz CT molecular complexity index is 950. The maximum atomic E-state index is 13.3. The maximum Gasteiger partial charge on any atom is 0.258 e. The van der Waals surface area contributed by atoms with E-state index in [9.17, 15) is 9.59 Å². The zero-order chi connectivity index (χ0) is 18.6. The van der Waals surface area contributed by atoms with Gasteiger partial charge in [0, 0.05) is 36.3 Å². The van der Waals surface area contributed by atoms with Crippen LogP contribution in [0.1, 0.15) is 32.1 Å². The van der Waals surface area contributed by atoms with E-state index in [1.165, 1.54) is 19.3 Å². The average Bonchev–Trinajstić information content (AvgIpc) is 3.07. The van der Waals surface area contributed by atoms with Gasteiger partial charge in [-0.2, -0.15) is 0 Å². The summed E-state index contributed by atoms with van der Waals surface area (Å²) in [4.78, 5) is 26.1. The van der Waals surface area contributed by atoms with Gasteiger partial charge in [0.15, 0.2) is 0 Å². The Balaban J connectivity index is 1.46. The number of aromatic nitrogens is 1. The van der Waals surface area contributed by atoms with Crippen LogP contribution in [0.25, 0.3) is 10.8 Å². The fourth-order valence-electron chi connectivity index (χ4n) is 6.21. The van der Waals surface area contributed by atoms with Gasteiger partial charge < -0.3 is 14.6 Å². The van der Waals surface area contributed by atoms with Gasteiger partial charge in [-0.05, 0) is 68.1 Å². The minimum absolute atomic E-state index is 0.0420. The number of carbonyl (C=O) groups is 1. The van der Waals surface area contributed by atoms with Gasteiger partial charge in [-0.1, -0.05) is 6.07 Å². The zero-order valence-electron chi connectivity index (χ0n) is 15.7. The number of nitrogens with one attached hydrogen (secondary N) is 1. The van der Waals surface area contributed by atoms with Gasteiger partial charge in [0.2, 0.25) is 5.91 Å². The van der Waals surface area contributed by atoms with Crippen LogP contribution in [-0.2, 0) is 16.1 Å². The SMILES string of the molecule is COCCn1ccc2c(NC(=O)C34C[C@@H]5CC3C[C@@H](C5)C4)cccc2c1=O. The molecule has 27 heavy (non-hydrogen) atoms. The highest BCUT2D eigenvalue weighted by Crippen LogP contribution is 2.65. The number of nitrogens with zero attached hydrogens (tertiary/aromatic N) is 1. The number of benzene rings is 1. The first-order valence-electron chi connectivity index (χ1n) is 10.0. The minimum Gasteiger partial charge on any atom is -0.383 e. The fraction of sp³-hybridized carbons (Fsp3) is 0.545. The van der Waals surface area contributed by atoms with Crippen molar-refractivity contribution in [1.82, 2.24) is 4.57 Å². The van der Waals surface area contributed by atoms with E-state index >= 15 is 0 Å². The molecule has 2 unspecified atom stereocenters. The number of hydrogen-bond donors (Lipinski definition) is 1. The second kappa shape index (κ2) is 6.20. The lowest BCUT2D eigenvalue weighted by molar-refractivity contribution is -0.127. The average molecular weight is 366 g/mol. The topological polar surface area (TPSA) is 60.3 Å². The highest BCUT2D eigenvalue weighted by molar-refractivity contribution is 6.04. The van der Waals surface area contributed by atoms with Crippen molar-refractivity contribution in [2.24, 2.45) is 23.2 Å². The number of carbonyl (C=O) groups excluding carboxylic acids is 1. The summed E-state index contributed by atoms with van der Waals surface area (Å²) in [6.45, 7) is 1.02. The second-order valence-electron chi connectivity index (χ2n) is 8.73. The van der Waals surface area contributed by atoms with Crippen molar-refractivity contribution in [3.63, 3.8) is 0 Å². The largest absolute Gasteiger partial charge is 0.383 e. The first kappa shape index (κ1) is 17.0. The molecule has 0 spiro atoms. The van der Waals surface area contributed by atoms with Crippen LogP contribution < -0.4 is 10.9 Å². The molecule has 4 fully saturated rings. The maximum absolute atomic E-state index is 13.3. The monoisotopic (exact) mass is 366 g/mol. The van der Waals surface area contributed by atoms with Gasteiger partial charge >= 0.3 is 0 Å². The molecule has 2 aromatic rings. The first-order valence-corrected chi connectivity index (χ1v) is 10.0. The quantitative estimate of drug-likeness (QED) is 0.882. The summed E-state index contributed by atoms with van der Waals surface area (Å²) in [7, 11) is 1.63. The third kappa shape index (κ3) is 2.55. The van der Waals surface area contributed by atoms with Crippen LogP contribution in [0.3, 0.4) is 0 Å². The molecule has 4 atom stereocenters. The zero-order valence-corrected chi connectivity index (χ0v) is 15.7. The van der Waals surface area contributed by atoms with Gasteiger partial charge in [-0.15, -0.1) is 0 Å². The van der Waals surface area contributed by atoms with Crippen molar-refractivity contribution in [3.8, 4) is 0 Å². The molecule has 4 aliphatic rings. The first-order chi connectivity index (χ1) is 13.1. The van der Waals surface area contributed by atoms with Crippen molar-refractivity contribution in [2.75, 3.05) is 19.0 Å². The third-order valence-corrected chi connectivity index (χ3v) is 7.24. The van der Waals surface area contributed by atoms with Crippen LogP contribution in [0.15, 0.2) is 35.3 Å². The predicted molar refractivity (Wildman–Crippen MR) is 105 cm³/mol. The molecular weight excluding hydrogens is 340 g/mol. The third-order valence-electron chi connectivity index (χ3n) is 7.24. The van der Waals surface area contributed by atoms with Crippen LogP contribution in [-0.4, -0.2) is 24.2 Å². The molecule has 1 heterocycles. The number of methoxy groups -OCH3 is 1. The van der Waals surface area contributed by atoms with Crippen LogP contribution in [0.2, 0.25) is 0 Å². The van der Waals surface area contributed by atoms with Crippen molar-refractivity contribution >= 4 is 22.4 Å². The lowest BCUT2D eigenvalue weighted by atomic mass is 9.75. The molecule has 1 aromatic carbocycles. The molecule has 5 nitrogen and oxygen atoms in total. The molecule has 6 rings (SSSR count). The van der Waals surface area contributed by atoms with E-state index in [2.05, 4.69) is 5.32 Å². The summed E-state index contributed by atoms with van der Waals surface area (Å²) >= 11 is 0. The van der Waals surface area contributed by atoms with Crippen molar-refractivity contribution in [1.29, 1.82) is 0 Å². The summed E-state index contributed by atoms with van der Waals surface area (Å²) in [5.74, 6) is 2.22. The molecule has 0 aliphatic heterocycles. The van der Waals surface area contributed by atoms with Gasteiger partial charge in [-0.25, -0.2) is 0 Å². The fourth-order valence-corrected chi connectivity index (χ4v) is 6.21. The van der Waals surface area contributed by atoms with Crippen LogP contribution in [0, 0.1) is 23.2 Å². The van der Waals surface area contributed by atoms with Gasteiger partial charge in [0.05, 0.1) is 12.0 Å². The standard InChI is InChI=1S/C22H26N2O3/c1-27-8-7-24-6-5-17-18(20(24)25)3-2-4-19(17)23-21(26)22-12-14-9-15(13-22)11-16(22)10-14/h2-6,14-16H,7-13H2,1H3,(H,23,26)/t14-,15+,16?,22?. The van der Waals surface area contributed by atoms with Crippen LogP contribution in [0.4, 0.5) is 5.69 Å². The molecule has 0 radical (unpaired) electrons. The van der Waals surface area contributed by atoms with E-state index in [0.717, 1.165) is 35.8 Å². The molecule has 1 amide bonds. The van der Waals surface area contributed by atoms with E-state index in [-0.39, 0.29) is 16.9 Å². The van der Waals surface area contributed by atoms with E-state index in [1.807, 2.05) is 24.3 Å². The molecule has 142 valence electrons. The normalized spacial score (nSPS) is 30.9. The molecule has 4 aliphatic carbocycles. The Hall–Kier alpha value is -2.14. The Morgan fingerprint density at radius 2 is 1.96 bits per heavy atom. The van der Waals surface area contributed by atoms with Crippen molar-refractivity contribution in [2.45, 2.75) is 38.6 Å². The van der Waals surface area contributed by atoms with Crippen LogP contribution in [0.5, 0.6) is 0 Å². The summed E-state index contributed by atoms with van der Waals surface area (Å²) in [5, 5.41) is 4.67. The summed E-state index contributed by atoms with van der Waals surface area (Å²) in [6.07, 6.45) is 7.66. The molecule has 1 aromatic heterocycles. The number of fused-ring (bicyclic) bond motifs is 1. The van der Waals surface area contributed by atoms with E-state index in [0.29, 0.717) is 24.5 Å². The van der Waals surface area contributed by atoms with Gasteiger partial charge in [0.25, 0.3) is 5.56 Å². The molecule has 5 heteroatoms. The van der Waals surface area contributed by atoms with E-state index in [4.69, 9.17) is 4.74 Å². The molecule has 0 saturated heterocycles. The van der Waals surface area contributed by atoms with E-state index < -0.39 is 0 Å². The summed E-state index contributed by atoms with van der Waals surface area (Å²) < 4.78 is 6.74. The Morgan fingerprint density at radius 3 is 2.70 bits per heavy atom. The second-order valence-corrected chi connectivity index (χ2v) is 8.73. The number of ether oxygens (including phenoxy) is 1. The number of pyridine rings is 1. The summed E-state index contributed by atoms with van der Waals surface area (Å²) in [5.41, 5.74) is 0.553. The Labute approximate surface area is 158 Å².